The van der Waals surface area contributed by atoms with E-state index in [1.807, 2.05) is 6.26 Å². The number of carbonyl (C=O) groups excluding carboxylic acids is 3. The van der Waals surface area contributed by atoms with Crippen molar-refractivity contribution in [3.05, 3.63) is 29.8 Å². The molecule has 0 aliphatic heterocycles. The number of phenolic OH excluding ortho intramolecular Hbond substituents is 1. The van der Waals surface area contributed by atoms with Gasteiger partial charge in [-0.05, 0) is 48.5 Å². The van der Waals surface area contributed by atoms with Crippen LogP contribution >= 0.6 is 11.8 Å². The number of hydrogen-bond donors (Lipinski definition) is 7. The lowest BCUT2D eigenvalue weighted by molar-refractivity contribution is -0.142. The maximum absolute atomic E-state index is 13.2. The molecule has 206 valence electrons. The standard InChI is InChI=1S/C24H36N4O8S/c1-13(2)20(28-21(32)16(25)8-9-19(30)31)23(34)27-18(12-14-4-6-15(29)7-5-14)22(33)26-17(24(35)36)10-11-37-3/h4-7,13,16-18,20,29H,8-12,25H2,1-3H3,(H,26,33)(H,27,34)(H,28,32)(H,30,31)(H,35,36). The van der Waals surface area contributed by atoms with Crippen molar-refractivity contribution in [1.29, 1.82) is 0 Å². The Morgan fingerprint density at radius 2 is 1.49 bits per heavy atom. The van der Waals surface area contributed by atoms with Gasteiger partial charge in [0.15, 0.2) is 0 Å². The number of amides is 3. The summed E-state index contributed by atoms with van der Waals surface area (Å²) in [5, 5.41) is 35.4. The zero-order valence-corrected chi connectivity index (χ0v) is 21.9. The summed E-state index contributed by atoms with van der Waals surface area (Å²) in [4.78, 5) is 61.1. The molecular formula is C24H36N4O8S. The zero-order chi connectivity index (χ0) is 28.1. The van der Waals surface area contributed by atoms with Gasteiger partial charge in [-0.3, -0.25) is 19.2 Å². The van der Waals surface area contributed by atoms with E-state index in [1.54, 1.807) is 26.0 Å². The molecule has 3 amide bonds. The van der Waals surface area contributed by atoms with Crippen LogP contribution in [0.15, 0.2) is 24.3 Å². The van der Waals surface area contributed by atoms with Gasteiger partial charge >= 0.3 is 11.9 Å². The maximum atomic E-state index is 13.2. The Balaban J connectivity index is 3.08. The van der Waals surface area contributed by atoms with Crippen molar-refractivity contribution in [2.45, 2.75) is 63.7 Å². The molecule has 4 unspecified atom stereocenters. The van der Waals surface area contributed by atoms with E-state index in [2.05, 4.69) is 16.0 Å². The number of nitrogens with one attached hydrogen (secondary N) is 3. The molecule has 0 saturated heterocycles. The number of carboxylic acid groups (broad SMARTS) is 2. The van der Waals surface area contributed by atoms with E-state index in [1.165, 1.54) is 23.9 Å². The van der Waals surface area contributed by atoms with E-state index in [4.69, 9.17) is 10.8 Å². The van der Waals surface area contributed by atoms with E-state index >= 15 is 0 Å². The van der Waals surface area contributed by atoms with Crippen LogP contribution in [-0.4, -0.2) is 81.2 Å². The van der Waals surface area contributed by atoms with Crippen molar-refractivity contribution in [1.82, 2.24) is 16.0 Å². The predicted octanol–water partition coefficient (Wildman–Crippen LogP) is 0.0749. The van der Waals surface area contributed by atoms with Gasteiger partial charge in [0, 0.05) is 12.8 Å². The highest BCUT2D eigenvalue weighted by Crippen LogP contribution is 2.13. The number of benzene rings is 1. The molecule has 1 aromatic carbocycles. The molecule has 0 spiro atoms. The maximum Gasteiger partial charge on any atom is 0.326 e. The predicted molar refractivity (Wildman–Crippen MR) is 138 cm³/mol. The van der Waals surface area contributed by atoms with Crippen LogP contribution in [0.4, 0.5) is 0 Å². The van der Waals surface area contributed by atoms with Crippen LogP contribution in [0.5, 0.6) is 5.75 Å². The van der Waals surface area contributed by atoms with Crippen molar-refractivity contribution in [2.24, 2.45) is 11.7 Å². The fourth-order valence-electron chi connectivity index (χ4n) is 3.31. The first kappa shape index (κ1) is 31.7. The quantitative estimate of drug-likeness (QED) is 0.150. The summed E-state index contributed by atoms with van der Waals surface area (Å²) in [7, 11) is 0. The van der Waals surface area contributed by atoms with E-state index < -0.39 is 59.7 Å². The number of thioether (sulfide) groups is 1. The van der Waals surface area contributed by atoms with Crippen molar-refractivity contribution in [3.63, 3.8) is 0 Å². The average molecular weight is 541 g/mol. The third kappa shape index (κ3) is 11.5. The lowest BCUT2D eigenvalue weighted by Crippen LogP contribution is -2.59. The first-order valence-corrected chi connectivity index (χ1v) is 13.1. The van der Waals surface area contributed by atoms with Gasteiger partial charge in [-0.25, -0.2) is 4.79 Å². The van der Waals surface area contributed by atoms with Gasteiger partial charge < -0.3 is 37.0 Å². The summed E-state index contributed by atoms with van der Waals surface area (Å²) >= 11 is 1.43. The number of carbonyl (C=O) groups is 5. The fraction of sp³-hybridized carbons (Fsp3) is 0.542. The molecule has 12 nitrogen and oxygen atoms in total. The molecule has 0 saturated carbocycles. The van der Waals surface area contributed by atoms with Crippen molar-refractivity contribution >= 4 is 41.4 Å². The zero-order valence-electron chi connectivity index (χ0n) is 21.1. The molecule has 0 aliphatic carbocycles. The number of rotatable bonds is 16. The summed E-state index contributed by atoms with van der Waals surface area (Å²) in [6.45, 7) is 3.34. The molecule has 0 heterocycles. The van der Waals surface area contributed by atoms with Crippen LogP contribution < -0.4 is 21.7 Å². The average Bonchev–Trinajstić information content (AvgIpc) is 2.83. The Morgan fingerprint density at radius 3 is 2.00 bits per heavy atom. The second-order valence-corrected chi connectivity index (χ2v) is 9.87. The molecule has 1 rings (SSSR count). The highest BCUT2D eigenvalue weighted by molar-refractivity contribution is 7.98. The highest BCUT2D eigenvalue weighted by Gasteiger charge is 2.32. The fourth-order valence-corrected chi connectivity index (χ4v) is 3.78. The van der Waals surface area contributed by atoms with E-state index in [0.717, 1.165) is 0 Å². The van der Waals surface area contributed by atoms with Gasteiger partial charge in [0.1, 0.15) is 23.9 Å². The first-order chi connectivity index (χ1) is 17.3. The molecular weight excluding hydrogens is 504 g/mol. The molecule has 13 heteroatoms. The van der Waals surface area contributed by atoms with Crippen LogP contribution in [0.3, 0.4) is 0 Å². The minimum absolute atomic E-state index is 0.0103. The lowest BCUT2D eigenvalue weighted by Gasteiger charge is -2.27. The summed E-state index contributed by atoms with van der Waals surface area (Å²) in [5.41, 5.74) is 6.34. The van der Waals surface area contributed by atoms with E-state index in [-0.39, 0.29) is 31.4 Å². The van der Waals surface area contributed by atoms with Crippen LogP contribution in [0.1, 0.15) is 38.7 Å². The third-order valence-electron chi connectivity index (χ3n) is 5.49. The highest BCUT2D eigenvalue weighted by atomic mass is 32.2. The van der Waals surface area contributed by atoms with Gasteiger partial charge in [0.25, 0.3) is 0 Å². The third-order valence-corrected chi connectivity index (χ3v) is 6.13. The monoisotopic (exact) mass is 540 g/mol. The first-order valence-electron chi connectivity index (χ1n) is 11.7. The number of carboxylic acids is 2. The van der Waals surface area contributed by atoms with Gasteiger partial charge in [-0.1, -0.05) is 26.0 Å². The largest absolute Gasteiger partial charge is 0.508 e. The van der Waals surface area contributed by atoms with Crippen molar-refractivity contribution < 1.29 is 39.3 Å². The lowest BCUT2D eigenvalue weighted by atomic mass is 10.00. The van der Waals surface area contributed by atoms with Gasteiger partial charge in [0.05, 0.1) is 6.04 Å². The molecule has 0 fully saturated rings. The molecule has 4 atom stereocenters. The van der Waals surface area contributed by atoms with Crippen molar-refractivity contribution in [2.75, 3.05) is 12.0 Å². The van der Waals surface area contributed by atoms with Gasteiger partial charge in [0.2, 0.25) is 17.7 Å². The SMILES string of the molecule is CSCCC(NC(=O)C(Cc1ccc(O)cc1)NC(=O)C(NC(=O)C(N)CCC(=O)O)C(C)C)C(=O)O. The van der Waals surface area contributed by atoms with Crippen LogP contribution in [-0.2, 0) is 30.4 Å². The van der Waals surface area contributed by atoms with Crippen LogP contribution in [0, 0.1) is 5.92 Å². The Labute approximate surface area is 219 Å². The summed E-state index contributed by atoms with van der Waals surface area (Å²) in [6, 6.07) is 1.37. The van der Waals surface area contributed by atoms with Crippen LogP contribution in [0.2, 0.25) is 0 Å². The normalized spacial score (nSPS) is 14.2. The molecule has 8 N–H and O–H groups in total. The number of hydrogen-bond acceptors (Lipinski definition) is 8. The minimum Gasteiger partial charge on any atom is -0.508 e. The minimum atomic E-state index is -1.21. The molecule has 0 aromatic heterocycles. The molecule has 37 heavy (non-hydrogen) atoms. The molecule has 0 aliphatic rings. The number of nitrogens with two attached hydrogens (primary N) is 1. The second-order valence-electron chi connectivity index (χ2n) is 8.88. The Kier molecular flexibility index (Phi) is 13.5. The van der Waals surface area contributed by atoms with Gasteiger partial charge in [-0.15, -0.1) is 0 Å². The number of aromatic hydroxyl groups is 1. The number of phenols is 1. The Morgan fingerprint density at radius 1 is 0.892 bits per heavy atom. The van der Waals surface area contributed by atoms with E-state index in [0.29, 0.717) is 11.3 Å². The van der Waals surface area contributed by atoms with E-state index in [9.17, 15) is 34.2 Å². The summed E-state index contributed by atoms with van der Waals surface area (Å²) in [6.07, 6.45) is 1.54. The molecule has 0 bridgehead atoms. The molecule has 0 radical (unpaired) electrons. The Hall–Kier alpha value is -3.32. The van der Waals surface area contributed by atoms with Gasteiger partial charge in [-0.2, -0.15) is 11.8 Å². The smallest absolute Gasteiger partial charge is 0.326 e. The number of aliphatic carboxylic acids is 2. The summed E-state index contributed by atoms with van der Waals surface area (Å²) < 4.78 is 0. The van der Waals surface area contributed by atoms with Crippen molar-refractivity contribution in [3.8, 4) is 5.75 Å². The molecule has 1 aromatic rings. The summed E-state index contributed by atoms with van der Waals surface area (Å²) in [5.74, 6) is -4.35. The second kappa shape index (κ2) is 15.7. The topological polar surface area (TPSA) is 208 Å². The van der Waals surface area contributed by atoms with Crippen LogP contribution in [0.25, 0.3) is 0 Å². The Bertz CT molecular complexity index is 941.